The van der Waals surface area contributed by atoms with E-state index in [0.29, 0.717) is 0 Å². The molecule has 3 nitrogen and oxygen atoms in total. The lowest BCUT2D eigenvalue weighted by Gasteiger charge is -2.10. The van der Waals surface area contributed by atoms with Crippen LogP contribution in [0.4, 0.5) is 0 Å². The molecule has 18 heavy (non-hydrogen) atoms. The molecule has 3 heteroatoms. The number of carbonyl (C=O) groups is 1. The molecule has 0 bridgehead atoms. The highest BCUT2D eigenvalue weighted by atomic mass is 16.4. The fourth-order valence-corrected chi connectivity index (χ4v) is 2.12. The molecule has 1 heterocycles. The monoisotopic (exact) mass is 240 g/mol. The van der Waals surface area contributed by atoms with E-state index in [4.69, 9.17) is 0 Å². The zero-order valence-corrected chi connectivity index (χ0v) is 10.2. The van der Waals surface area contributed by atoms with Gasteiger partial charge in [-0.15, -0.1) is 0 Å². The van der Waals surface area contributed by atoms with Crippen LogP contribution in [0.25, 0.3) is 17.5 Å². The van der Waals surface area contributed by atoms with Crippen LogP contribution in [-0.4, -0.2) is 10.5 Å². The summed E-state index contributed by atoms with van der Waals surface area (Å²) in [6.45, 7) is 5.67. The summed E-state index contributed by atoms with van der Waals surface area (Å²) in [5.41, 5.74) is 2.95. The summed E-state index contributed by atoms with van der Waals surface area (Å²) in [5.74, 6) is -1.19. The third-order valence-electron chi connectivity index (χ3n) is 2.94. The van der Waals surface area contributed by atoms with Crippen molar-refractivity contribution >= 4 is 12.2 Å². The molecule has 2 rings (SSSR count). The highest BCUT2D eigenvalue weighted by Crippen LogP contribution is 2.28. The van der Waals surface area contributed by atoms with Crippen molar-refractivity contribution in [1.29, 1.82) is 0 Å². The van der Waals surface area contributed by atoms with Gasteiger partial charge in [-0.1, -0.05) is 43.8 Å². The molecule has 1 aromatic heterocycles. The second kappa shape index (κ2) is 4.92. The van der Waals surface area contributed by atoms with Crippen LogP contribution in [0.2, 0.25) is 0 Å². The molecule has 0 aliphatic carbocycles. The molecule has 0 radical (unpaired) electrons. The van der Waals surface area contributed by atoms with E-state index in [-0.39, 0.29) is 5.69 Å². The van der Waals surface area contributed by atoms with Crippen molar-refractivity contribution in [2.24, 2.45) is 0 Å². The summed E-state index contributed by atoms with van der Waals surface area (Å²) in [7, 11) is 0. The lowest BCUT2D eigenvalue weighted by atomic mass is 10.1. The number of carboxylic acids is 1. The largest absolute Gasteiger partial charge is 0.543 e. The zero-order chi connectivity index (χ0) is 13.1. The minimum Gasteiger partial charge on any atom is -0.543 e. The Balaban J connectivity index is 2.72. The van der Waals surface area contributed by atoms with Crippen LogP contribution in [0, 0.1) is 0 Å². The maximum atomic E-state index is 11.1. The van der Waals surface area contributed by atoms with Gasteiger partial charge in [-0.05, 0) is 23.6 Å². The Kier molecular flexibility index (Phi) is 3.33. The maximum Gasteiger partial charge on any atom is 0.0883 e. The van der Waals surface area contributed by atoms with E-state index in [0.717, 1.165) is 23.2 Å². The van der Waals surface area contributed by atoms with Crippen LogP contribution in [0.5, 0.6) is 0 Å². The molecular weight excluding hydrogens is 226 g/mol. The Bertz CT molecular complexity index is 582. The van der Waals surface area contributed by atoms with E-state index in [9.17, 15) is 9.90 Å². The van der Waals surface area contributed by atoms with Gasteiger partial charge >= 0.3 is 0 Å². The third kappa shape index (κ3) is 1.95. The minimum atomic E-state index is -1.19. The second-order valence-electron chi connectivity index (χ2n) is 3.96. The molecule has 0 aliphatic heterocycles. The van der Waals surface area contributed by atoms with Gasteiger partial charge in [0.2, 0.25) is 0 Å². The number of hydrogen-bond acceptors (Lipinski definition) is 2. The van der Waals surface area contributed by atoms with Gasteiger partial charge in [0.05, 0.1) is 17.4 Å². The highest BCUT2D eigenvalue weighted by Gasteiger charge is 2.14. The van der Waals surface area contributed by atoms with Crippen LogP contribution in [0.1, 0.15) is 23.0 Å². The van der Waals surface area contributed by atoms with Crippen molar-refractivity contribution in [2.75, 3.05) is 0 Å². The van der Waals surface area contributed by atoms with Gasteiger partial charge in [0, 0.05) is 6.20 Å². The standard InChI is InChI=1S/C15H15NO2/c1-3-11-10-13(15(17)18)16(4-2)14(11)12-8-6-5-7-9-12/h4-10H,2-3H2,1H3,(H,17,18)/p-1. The lowest BCUT2D eigenvalue weighted by molar-refractivity contribution is -0.255. The van der Waals surface area contributed by atoms with Crippen LogP contribution < -0.4 is 5.11 Å². The molecule has 0 fully saturated rings. The van der Waals surface area contributed by atoms with Crippen molar-refractivity contribution < 1.29 is 9.90 Å². The molecule has 2 aromatic rings. The average Bonchev–Trinajstić information content (AvgIpc) is 2.78. The molecule has 1 aromatic carbocycles. The number of carbonyl (C=O) groups excluding carboxylic acids is 1. The number of aromatic carboxylic acids is 1. The van der Waals surface area contributed by atoms with E-state index >= 15 is 0 Å². The van der Waals surface area contributed by atoms with E-state index in [2.05, 4.69) is 6.58 Å². The van der Waals surface area contributed by atoms with Gasteiger partial charge in [-0.2, -0.15) is 0 Å². The summed E-state index contributed by atoms with van der Waals surface area (Å²) in [5, 5.41) is 11.1. The average molecular weight is 240 g/mol. The fraction of sp³-hybridized carbons (Fsp3) is 0.133. The molecule has 0 aliphatic rings. The minimum absolute atomic E-state index is 0.140. The molecule has 0 spiro atoms. The highest BCUT2D eigenvalue weighted by molar-refractivity contribution is 5.88. The third-order valence-corrected chi connectivity index (χ3v) is 2.94. The number of aromatic nitrogens is 1. The number of aryl methyl sites for hydroxylation is 1. The van der Waals surface area contributed by atoms with Crippen molar-refractivity contribution in [2.45, 2.75) is 13.3 Å². The van der Waals surface area contributed by atoms with Crippen LogP contribution in [0.3, 0.4) is 0 Å². The maximum absolute atomic E-state index is 11.1. The number of rotatable bonds is 4. The lowest BCUT2D eigenvalue weighted by Crippen LogP contribution is -2.24. The smallest absolute Gasteiger partial charge is 0.0883 e. The first-order chi connectivity index (χ1) is 8.69. The zero-order valence-electron chi connectivity index (χ0n) is 10.2. The molecule has 0 saturated heterocycles. The first kappa shape index (κ1) is 12.2. The summed E-state index contributed by atoms with van der Waals surface area (Å²) in [4.78, 5) is 11.1. The summed E-state index contributed by atoms with van der Waals surface area (Å²) in [6, 6.07) is 11.3. The van der Waals surface area contributed by atoms with Crippen molar-refractivity contribution in [1.82, 2.24) is 4.57 Å². The van der Waals surface area contributed by atoms with Gasteiger partial charge < -0.3 is 14.5 Å². The van der Waals surface area contributed by atoms with E-state index in [1.165, 1.54) is 6.20 Å². The SMILES string of the molecule is C=Cn1c(C(=O)[O-])cc(CC)c1-c1ccccc1. The number of benzene rings is 1. The van der Waals surface area contributed by atoms with Crippen LogP contribution in [-0.2, 0) is 6.42 Å². The van der Waals surface area contributed by atoms with Crippen LogP contribution >= 0.6 is 0 Å². The summed E-state index contributed by atoms with van der Waals surface area (Å²) >= 11 is 0. The molecule has 92 valence electrons. The van der Waals surface area contributed by atoms with E-state index in [1.54, 1.807) is 10.6 Å². The predicted octanol–water partition coefficient (Wildman–Crippen LogP) is 2.18. The molecule has 0 N–H and O–H groups in total. The first-order valence-electron chi connectivity index (χ1n) is 5.82. The van der Waals surface area contributed by atoms with Gasteiger partial charge in [-0.3, -0.25) is 0 Å². The first-order valence-corrected chi connectivity index (χ1v) is 5.82. The normalized spacial score (nSPS) is 10.3. The van der Waals surface area contributed by atoms with Crippen molar-refractivity contribution in [3.63, 3.8) is 0 Å². The molecule has 0 atom stereocenters. The Morgan fingerprint density at radius 3 is 2.56 bits per heavy atom. The van der Waals surface area contributed by atoms with E-state index < -0.39 is 5.97 Å². The quantitative estimate of drug-likeness (QED) is 0.822. The van der Waals surface area contributed by atoms with Crippen molar-refractivity contribution in [3.8, 4) is 11.3 Å². The molecule has 0 unspecified atom stereocenters. The van der Waals surface area contributed by atoms with Gasteiger partial charge in [0.25, 0.3) is 0 Å². The number of carboxylic acid groups (broad SMARTS) is 1. The van der Waals surface area contributed by atoms with Gasteiger partial charge in [-0.25, -0.2) is 0 Å². The number of hydrogen-bond donors (Lipinski definition) is 0. The second-order valence-corrected chi connectivity index (χ2v) is 3.96. The molecule has 0 amide bonds. The Morgan fingerprint density at radius 1 is 1.39 bits per heavy atom. The Morgan fingerprint density at radius 2 is 2.06 bits per heavy atom. The Labute approximate surface area is 106 Å². The molecular formula is C15H14NO2-. The topological polar surface area (TPSA) is 45.1 Å². The van der Waals surface area contributed by atoms with E-state index in [1.807, 2.05) is 37.3 Å². The Hall–Kier alpha value is -2.29. The number of nitrogens with zero attached hydrogens (tertiary/aromatic N) is 1. The van der Waals surface area contributed by atoms with Crippen molar-refractivity contribution in [3.05, 3.63) is 54.2 Å². The van der Waals surface area contributed by atoms with Gasteiger partial charge in [0.15, 0.2) is 0 Å². The predicted molar refractivity (Wildman–Crippen MR) is 70.0 cm³/mol. The van der Waals surface area contributed by atoms with Crippen LogP contribution in [0.15, 0.2) is 43.0 Å². The molecule has 0 saturated carbocycles. The van der Waals surface area contributed by atoms with Gasteiger partial charge in [0.1, 0.15) is 0 Å². The summed E-state index contributed by atoms with van der Waals surface area (Å²) in [6.07, 6.45) is 2.26. The fourth-order valence-electron chi connectivity index (χ4n) is 2.12. The summed E-state index contributed by atoms with van der Waals surface area (Å²) < 4.78 is 1.57.